The molecule has 0 spiro atoms. The van der Waals surface area contributed by atoms with Crippen molar-refractivity contribution in [2.24, 2.45) is 0 Å². The number of benzene rings is 2. The Balaban J connectivity index is 2.20. The summed E-state index contributed by atoms with van der Waals surface area (Å²) in [5, 5.41) is 0. The van der Waals surface area contributed by atoms with E-state index in [1.165, 1.54) is 0 Å². The zero-order valence-electron chi connectivity index (χ0n) is 9.74. The van der Waals surface area contributed by atoms with Gasteiger partial charge in [0.05, 0.1) is 0 Å². The second kappa shape index (κ2) is 6.64. The quantitative estimate of drug-likeness (QED) is 0.427. The standard InChI is InChI=1S/C15H9Br3O/c16-12-3-1-2-11(8-12)15(19)5-4-10-6-13(17)9-14(18)7-10/h1-9H. The lowest BCUT2D eigenvalue weighted by Crippen LogP contribution is -1.93. The van der Waals surface area contributed by atoms with E-state index in [1.54, 1.807) is 18.2 Å². The van der Waals surface area contributed by atoms with Crippen molar-refractivity contribution in [1.29, 1.82) is 0 Å². The first-order valence-electron chi connectivity index (χ1n) is 5.49. The van der Waals surface area contributed by atoms with Gasteiger partial charge in [0, 0.05) is 19.0 Å². The Morgan fingerprint density at radius 3 is 2.21 bits per heavy atom. The highest BCUT2D eigenvalue weighted by molar-refractivity contribution is 9.11. The molecule has 0 radical (unpaired) electrons. The molecule has 0 fully saturated rings. The number of halogens is 3. The fraction of sp³-hybridized carbons (Fsp3) is 0. The molecule has 0 heterocycles. The maximum Gasteiger partial charge on any atom is 0.185 e. The van der Waals surface area contributed by atoms with Gasteiger partial charge in [-0.15, -0.1) is 0 Å². The molecule has 0 saturated heterocycles. The number of rotatable bonds is 3. The molecule has 2 rings (SSSR count). The van der Waals surface area contributed by atoms with Crippen molar-refractivity contribution in [3.8, 4) is 0 Å². The molecule has 0 aliphatic rings. The molecule has 4 heteroatoms. The summed E-state index contributed by atoms with van der Waals surface area (Å²) in [4.78, 5) is 12.0. The average molecular weight is 445 g/mol. The molecular weight excluding hydrogens is 436 g/mol. The van der Waals surface area contributed by atoms with Crippen LogP contribution < -0.4 is 0 Å². The molecule has 0 saturated carbocycles. The molecule has 2 aromatic carbocycles. The second-order valence-corrected chi connectivity index (χ2v) is 6.66. The summed E-state index contributed by atoms with van der Waals surface area (Å²) < 4.78 is 2.84. The van der Waals surface area contributed by atoms with Gasteiger partial charge in [0.15, 0.2) is 5.78 Å². The van der Waals surface area contributed by atoms with Gasteiger partial charge >= 0.3 is 0 Å². The second-order valence-electron chi connectivity index (χ2n) is 3.91. The van der Waals surface area contributed by atoms with Crippen LogP contribution in [-0.4, -0.2) is 5.78 Å². The summed E-state index contributed by atoms with van der Waals surface area (Å²) in [6.45, 7) is 0. The van der Waals surface area contributed by atoms with Crippen molar-refractivity contribution >= 4 is 59.6 Å². The topological polar surface area (TPSA) is 17.1 Å². The van der Waals surface area contributed by atoms with Crippen LogP contribution in [0.1, 0.15) is 15.9 Å². The molecule has 19 heavy (non-hydrogen) atoms. The van der Waals surface area contributed by atoms with Crippen LogP contribution >= 0.6 is 47.8 Å². The van der Waals surface area contributed by atoms with Crippen LogP contribution in [0.4, 0.5) is 0 Å². The van der Waals surface area contributed by atoms with Gasteiger partial charge in [-0.3, -0.25) is 4.79 Å². The maximum absolute atomic E-state index is 12.0. The van der Waals surface area contributed by atoms with Gasteiger partial charge < -0.3 is 0 Å². The number of allylic oxidation sites excluding steroid dienone is 1. The van der Waals surface area contributed by atoms with Gasteiger partial charge in [0.25, 0.3) is 0 Å². The van der Waals surface area contributed by atoms with E-state index < -0.39 is 0 Å². The number of carbonyl (C=O) groups is 1. The lowest BCUT2D eigenvalue weighted by molar-refractivity contribution is 0.104. The van der Waals surface area contributed by atoms with Crippen LogP contribution in [0.15, 0.2) is 62.0 Å². The first-order valence-corrected chi connectivity index (χ1v) is 7.86. The smallest absolute Gasteiger partial charge is 0.185 e. The van der Waals surface area contributed by atoms with Crippen molar-refractivity contribution in [3.05, 3.63) is 73.1 Å². The van der Waals surface area contributed by atoms with Gasteiger partial charge in [0.2, 0.25) is 0 Å². The van der Waals surface area contributed by atoms with E-state index in [-0.39, 0.29) is 5.78 Å². The molecule has 0 atom stereocenters. The Morgan fingerprint density at radius 2 is 1.58 bits per heavy atom. The number of hydrogen-bond acceptors (Lipinski definition) is 1. The van der Waals surface area contributed by atoms with E-state index in [4.69, 9.17) is 0 Å². The van der Waals surface area contributed by atoms with Gasteiger partial charge in [-0.1, -0.05) is 66.0 Å². The number of ketones is 1. The minimum absolute atomic E-state index is 0.0163. The van der Waals surface area contributed by atoms with Crippen LogP contribution in [-0.2, 0) is 0 Å². The van der Waals surface area contributed by atoms with Crippen molar-refractivity contribution in [2.75, 3.05) is 0 Å². The van der Waals surface area contributed by atoms with E-state index in [0.29, 0.717) is 5.56 Å². The predicted octanol–water partition coefficient (Wildman–Crippen LogP) is 5.87. The Hall–Kier alpha value is -0.710. The molecule has 1 nitrogen and oxygen atoms in total. The van der Waals surface area contributed by atoms with E-state index in [9.17, 15) is 4.79 Å². The third kappa shape index (κ3) is 4.41. The summed E-state index contributed by atoms with van der Waals surface area (Å²) in [7, 11) is 0. The van der Waals surface area contributed by atoms with Gasteiger partial charge in [0.1, 0.15) is 0 Å². The molecule has 2 aromatic rings. The summed E-state index contributed by atoms with van der Waals surface area (Å²) in [6.07, 6.45) is 3.38. The SMILES string of the molecule is O=C(C=Cc1cc(Br)cc(Br)c1)c1cccc(Br)c1. The largest absolute Gasteiger partial charge is 0.289 e. The Bertz CT molecular complexity index is 627. The Morgan fingerprint density at radius 1 is 0.895 bits per heavy atom. The third-order valence-corrected chi connectivity index (χ3v) is 3.83. The van der Waals surface area contributed by atoms with Gasteiger partial charge in [-0.2, -0.15) is 0 Å². The molecule has 0 amide bonds. The van der Waals surface area contributed by atoms with Crippen LogP contribution in [0.5, 0.6) is 0 Å². The summed E-state index contributed by atoms with van der Waals surface area (Å²) in [5.74, 6) is -0.0163. The van der Waals surface area contributed by atoms with Crippen LogP contribution in [0, 0.1) is 0 Å². The normalized spacial score (nSPS) is 10.9. The van der Waals surface area contributed by atoms with E-state index in [1.807, 2.05) is 36.4 Å². The summed E-state index contributed by atoms with van der Waals surface area (Å²) >= 11 is 10.2. The molecule has 0 N–H and O–H groups in total. The molecular formula is C15H9Br3O. The van der Waals surface area contributed by atoms with E-state index in [2.05, 4.69) is 47.8 Å². The van der Waals surface area contributed by atoms with E-state index >= 15 is 0 Å². The highest BCUT2D eigenvalue weighted by Gasteiger charge is 2.02. The molecule has 0 aliphatic carbocycles. The van der Waals surface area contributed by atoms with Crippen LogP contribution in [0.25, 0.3) is 6.08 Å². The molecule has 96 valence electrons. The maximum atomic E-state index is 12.0. The Labute approximate surface area is 137 Å². The average Bonchev–Trinajstić information content (AvgIpc) is 2.35. The molecule has 0 aromatic heterocycles. The number of hydrogen-bond donors (Lipinski definition) is 0. The Kier molecular flexibility index (Phi) is 5.13. The van der Waals surface area contributed by atoms with Gasteiger partial charge in [-0.25, -0.2) is 0 Å². The monoisotopic (exact) mass is 442 g/mol. The fourth-order valence-corrected chi connectivity index (χ4v) is 3.31. The minimum Gasteiger partial charge on any atom is -0.289 e. The lowest BCUT2D eigenvalue weighted by atomic mass is 10.1. The summed E-state index contributed by atoms with van der Waals surface area (Å²) in [5.41, 5.74) is 1.63. The van der Waals surface area contributed by atoms with Crippen molar-refractivity contribution in [1.82, 2.24) is 0 Å². The highest BCUT2D eigenvalue weighted by Crippen LogP contribution is 2.21. The van der Waals surface area contributed by atoms with Gasteiger partial charge in [-0.05, 0) is 42.0 Å². The zero-order valence-corrected chi connectivity index (χ0v) is 14.5. The molecule has 0 aliphatic heterocycles. The first-order chi connectivity index (χ1) is 9.04. The third-order valence-electron chi connectivity index (χ3n) is 2.42. The lowest BCUT2D eigenvalue weighted by Gasteiger charge is -1.99. The molecule has 0 unspecified atom stereocenters. The van der Waals surface area contributed by atoms with Crippen molar-refractivity contribution < 1.29 is 4.79 Å². The first kappa shape index (κ1) is 14.7. The minimum atomic E-state index is -0.0163. The number of carbonyl (C=O) groups excluding carboxylic acids is 1. The fourth-order valence-electron chi connectivity index (χ4n) is 1.58. The van der Waals surface area contributed by atoms with Crippen molar-refractivity contribution in [2.45, 2.75) is 0 Å². The van der Waals surface area contributed by atoms with Crippen molar-refractivity contribution in [3.63, 3.8) is 0 Å². The highest BCUT2D eigenvalue weighted by atomic mass is 79.9. The zero-order chi connectivity index (χ0) is 13.8. The van der Waals surface area contributed by atoms with Crippen LogP contribution in [0.2, 0.25) is 0 Å². The summed E-state index contributed by atoms with van der Waals surface area (Å²) in [6, 6.07) is 13.2. The van der Waals surface area contributed by atoms with Crippen LogP contribution in [0.3, 0.4) is 0 Å². The van der Waals surface area contributed by atoms with E-state index in [0.717, 1.165) is 19.0 Å². The molecule has 0 bridgehead atoms. The predicted molar refractivity (Wildman–Crippen MR) is 89.3 cm³/mol.